The lowest BCUT2D eigenvalue weighted by Gasteiger charge is -2.15. The van der Waals surface area contributed by atoms with Gasteiger partial charge in [0, 0.05) is 0 Å². The van der Waals surface area contributed by atoms with E-state index in [1.807, 2.05) is 47.2 Å². The zero-order valence-corrected chi connectivity index (χ0v) is 10.7. The van der Waals surface area contributed by atoms with E-state index in [1.165, 1.54) is 0 Å². The van der Waals surface area contributed by atoms with E-state index < -0.39 is 11.3 Å². The summed E-state index contributed by atoms with van der Waals surface area (Å²) in [5.41, 5.74) is 2.18. The first-order chi connectivity index (χ1) is 8.25. The fourth-order valence-corrected chi connectivity index (χ4v) is 2.85. The normalized spacial score (nSPS) is 14.4. The Morgan fingerprint density at radius 2 is 2.06 bits per heavy atom. The Balaban J connectivity index is 2.14. The first-order valence-corrected chi connectivity index (χ1v) is 7.23. The first-order valence-electron chi connectivity index (χ1n) is 5.19. The van der Waals surface area contributed by atoms with Gasteiger partial charge in [0.05, 0.1) is 6.04 Å². The molecule has 2 atom stereocenters. The number of nitrogens with one attached hydrogen (secondary N) is 1. The van der Waals surface area contributed by atoms with Gasteiger partial charge in [0.1, 0.15) is 0 Å². The van der Waals surface area contributed by atoms with Crippen molar-refractivity contribution in [1.82, 2.24) is 4.72 Å². The minimum absolute atomic E-state index is 0.130. The highest BCUT2D eigenvalue weighted by Gasteiger charge is 2.14. The van der Waals surface area contributed by atoms with Crippen LogP contribution in [0.4, 0.5) is 0 Å². The molecule has 0 amide bonds. The van der Waals surface area contributed by atoms with Crippen molar-refractivity contribution in [2.75, 3.05) is 0 Å². The quantitative estimate of drug-likeness (QED) is 0.818. The van der Waals surface area contributed by atoms with Gasteiger partial charge >= 0.3 is 0 Å². The Hall–Kier alpha value is -1.01. The van der Waals surface area contributed by atoms with Crippen LogP contribution < -0.4 is 4.72 Å². The molecule has 2 unspecified atom stereocenters. The molecule has 0 spiro atoms. The van der Waals surface area contributed by atoms with Crippen molar-refractivity contribution in [3.63, 3.8) is 0 Å². The Morgan fingerprint density at radius 1 is 1.29 bits per heavy atom. The van der Waals surface area contributed by atoms with Crippen LogP contribution in [-0.2, 0) is 17.7 Å². The van der Waals surface area contributed by atoms with Crippen LogP contribution in [0.15, 0.2) is 47.2 Å². The second-order valence-electron chi connectivity index (χ2n) is 3.67. The summed E-state index contributed by atoms with van der Waals surface area (Å²) >= 11 is -0.414. The molecule has 3 nitrogen and oxygen atoms in total. The van der Waals surface area contributed by atoms with Gasteiger partial charge in [0.25, 0.3) is 0 Å². The predicted octanol–water partition coefficient (Wildman–Crippen LogP) is 2.76. The van der Waals surface area contributed by atoms with Crippen molar-refractivity contribution in [2.45, 2.75) is 12.5 Å². The molecule has 2 aromatic rings. The van der Waals surface area contributed by atoms with Crippen molar-refractivity contribution in [1.29, 1.82) is 0 Å². The highest BCUT2D eigenvalue weighted by atomic mass is 32.2. The van der Waals surface area contributed by atoms with Crippen LogP contribution >= 0.6 is 11.3 Å². The molecule has 0 fully saturated rings. The first kappa shape index (κ1) is 12.4. The third-order valence-corrected chi connectivity index (χ3v) is 3.66. The van der Waals surface area contributed by atoms with Crippen molar-refractivity contribution in [2.24, 2.45) is 0 Å². The van der Waals surface area contributed by atoms with Crippen molar-refractivity contribution < 1.29 is 8.76 Å². The van der Waals surface area contributed by atoms with Crippen LogP contribution in [0.25, 0.3) is 0 Å². The lowest BCUT2D eigenvalue weighted by atomic mass is 10.0. The van der Waals surface area contributed by atoms with Gasteiger partial charge in [-0.15, -0.1) is 0 Å². The van der Waals surface area contributed by atoms with E-state index in [9.17, 15) is 4.21 Å². The van der Waals surface area contributed by atoms with Gasteiger partial charge in [-0.3, -0.25) is 4.55 Å². The third kappa shape index (κ3) is 3.74. The van der Waals surface area contributed by atoms with E-state index in [0.29, 0.717) is 6.42 Å². The summed E-state index contributed by atoms with van der Waals surface area (Å²) < 4.78 is 22.5. The lowest BCUT2D eigenvalue weighted by molar-refractivity contribution is 0.526. The summed E-state index contributed by atoms with van der Waals surface area (Å²) in [5.74, 6) is 0. The molecule has 1 aromatic carbocycles. The Kier molecular flexibility index (Phi) is 4.44. The molecule has 0 aliphatic carbocycles. The molecule has 1 heterocycles. The molecular weight excluding hydrogens is 254 g/mol. The number of rotatable bonds is 5. The fourth-order valence-electron chi connectivity index (χ4n) is 1.67. The molecule has 0 aliphatic rings. The van der Waals surface area contributed by atoms with E-state index in [1.54, 1.807) is 11.3 Å². The largest absolute Gasteiger partial charge is 0.294 e. The standard InChI is InChI=1S/C12H13NO2S2/c14-17(15)13-12(11-6-7-16-9-11)8-10-4-2-1-3-5-10/h1-7,9,12-13H,8H2,(H,14,15). The summed E-state index contributed by atoms with van der Waals surface area (Å²) in [6.07, 6.45) is 0.698. The topological polar surface area (TPSA) is 49.3 Å². The summed E-state index contributed by atoms with van der Waals surface area (Å²) in [6.45, 7) is 0. The second-order valence-corrected chi connectivity index (χ2v) is 5.18. The predicted molar refractivity (Wildman–Crippen MR) is 71.1 cm³/mol. The van der Waals surface area contributed by atoms with Crippen molar-refractivity contribution >= 4 is 22.6 Å². The van der Waals surface area contributed by atoms with Gasteiger partial charge in [-0.05, 0) is 34.4 Å². The summed E-state index contributed by atoms with van der Waals surface area (Å²) in [6, 6.07) is 11.8. The average molecular weight is 267 g/mol. The molecule has 2 N–H and O–H groups in total. The smallest absolute Gasteiger partial charge is 0.232 e. The highest BCUT2D eigenvalue weighted by Crippen LogP contribution is 2.21. The maximum Gasteiger partial charge on any atom is 0.232 e. The van der Waals surface area contributed by atoms with Crippen LogP contribution in [0.5, 0.6) is 0 Å². The number of benzene rings is 1. The zero-order valence-electron chi connectivity index (χ0n) is 9.08. The molecule has 0 saturated carbocycles. The van der Waals surface area contributed by atoms with Crippen LogP contribution in [-0.4, -0.2) is 8.76 Å². The van der Waals surface area contributed by atoms with E-state index in [0.717, 1.165) is 11.1 Å². The lowest BCUT2D eigenvalue weighted by Crippen LogP contribution is -2.24. The maximum absolute atomic E-state index is 10.9. The van der Waals surface area contributed by atoms with Gasteiger partial charge in [0.2, 0.25) is 11.3 Å². The van der Waals surface area contributed by atoms with E-state index >= 15 is 0 Å². The monoisotopic (exact) mass is 267 g/mol. The van der Waals surface area contributed by atoms with Crippen molar-refractivity contribution in [3.8, 4) is 0 Å². The molecule has 1 aromatic heterocycles. The molecule has 0 radical (unpaired) electrons. The summed E-state index contributed by atoms with van der Waals surface area (Å²) in [5, 5.41) is 3.96. The molecule has 0 saturated heterocycles. The molecule has 2 rings (SSSR count). The number of hydrogen-bond donors (Lipinski definition) is 2. The fraction of sp³-hybridized carbons (Fsp3) is 0.167. The summed E-state index contributed by atoms with van der Waals surface area (Å²) in [4.78, 5) is 0. The van der Waals surface area contributed by atoms with Crippen LogP contribution in [0, 0.1) is 0 Å². The Bertz CT molecular complexity index is 471. The Labute approximate surface area is 107 Å². The molecule has 90 valence electrons. The van der Waals surface area contributed by atoms with E-state index in [-0.39, 0.29) is 6.04 Å². The van der Waals surface area contributed by atoms with E-state index in [2.05, 4.69) is 4.72 Å². The average Bonchev–Trinajstić information content (AvgIpc) is 2.82. The van der Waals surface area contributed by atoms with Crippen molar-refractivity contribution in [3.05, 3.63) is 58.3 Å². The third-order valence-electron chi connectivity index (χ3n) is 2.47. The SMILES string of the molecule is O=S(O)NC(Cc1ccccc1)c1ccsc1. The summed E-state index contributed by atoms with van der Waals surface area (Å²) in [7, 11) is 0. The van der Waals surface area contributed by atoms with Gasteiger partial charge in [-0.1, -0.05) is 30.3 Å². The minimum Gasteiger partial charge on any atom is -0.294 e. The molecular formula is C12H13NO2S2. The number of hydrogen-bond acceptors (Lipinski definition) is 2. The Morgan fingerprint density at radius 3 is 2.65 bits per heavy atom. The molecule has 0 bridgehead atoms. The molecule has 5 heteroatoms. The molecule has 0 aliphatic heterocycles. The van der Waals surface area contributed by atoms with Gasteiger partial charge in [0.15, 0.2) is 0 Å². The van der Waals surface area contributed by atoms with Gasteiger partial charge in [-0.2, -0.15) is 11.3 Å². The maximum atomic E-state index is 10.9. The van der Waals surface area contributed by atoms with Crippen LogP contribution in [0.2, 0.25) is 0 Å². The van der Waals surface area contributed by atoms with E-state index in [4.69, 9.17) is 4.55 Å². The highest BCUT2D eigenvalue weighted by molar-refractivity contribution is 7.77. The minimum atomic E-state index is -2.00. The molecule has 17 heavy (non-hydrogen) atoms. The van der Waals surface area contributed by atoms with Gasteiger partial charge < -0.3 is 0 Å². The van der Waals surface area contributed by atoms with Crippen LogP contribution in [0.1, 0.15) is 17.2 Å². The van der Waals surface area contributed by atoms with Crippen LogP contribution in [0.3, 0.4) is 0 Å². The second kappa shape index (κ2) is 6.07. The zero-order chi connectivity index (χ0) is 12.1. The van der Waals surface area contributed by atoms with Gasteiger partial charge in [-0.25, -0.2) is 8.93 Å². The number of thiophene rings is 1.